The van der Waals surface area contributed by atoms with Crippen LogP contribution in [0.1, 0.15) is 29.2 Å². The van der Waals surface area contributed by atoms with E-state index in [1.165, 1.54) is 18.2 Å². The maximum Gasteiger partial charge on any atom is 0.363 e. The molecule has 3 aromatic rings. The second-order valence-corrected chi connectivity index (χ2v) is 8.08. The molecule has 1 aliphatic heterocycles. The van der Waals surface area contributed by atoms with Gasteiger partial charge in [-0.15, -0.1) is 0 Å². The van der Waals surface area contributed by atoms with E-state index in [4.69, 9.17) is 25.8 Å². The number of hydrogen-bond acceptors (Lipinski definition) is 7. The number of benzene rings is 3. The van der Waals surface area contributed by atoms with E-state index < -0.39 is 10.9 Å². The Morgan fingerprint density at radius 2 is 1.91 bits per heavy atom. The van der Waals surface area contributed by atoms with Gasteiger partial charge in [-0.05, 0) is 55.3 Å². The number of carbonyl (C=O) groups is 1. The number of hydrogen-bond donors (Lipinski definition) is 0. The van der Waals surface area contributed by atoms with Crippen LogP contribution in [0.4, 0.5) is 5.69 Å². The summed E-state index contributed by atoms with van der Waals surface area (Å²) in [6, 6.07) is 17.4. The van der Waals surface area contributed by atoms with Crippen molar-refractivity contribution >= 4 is 35.2 Å². The maximum atomic E-state index is 12.4. The molecule has 0 saturated carbocycles. The average Bonchev–Trinajstić information content (AvgIpc) is 3.19. The Morgan fingerprint density at radius 3 is 2.66 bits per heavy atom. The van der Waals surface area contributed by atoms with Crippen molar-refractivity contribution in [2.24, 2.45) is 4.99 Å². The first-order chi connectivity index (χ1) is 16.8. The lowest BCUT2D eigenvalue weighted by molar-refractivity contribution is -0.384. The van der Waals surface area contributed by atoms with Crippen molar-refractivity contribution in [3.05, 3.63) is 104 Å². The fourth-order valence-corrected chi connectivity index (χ4v) is 3.63. The van der Waals surface area contributed by atoms with Gasteiger partial charge in [0.2, 0.25) is 5.90 Å². The first-order valence-electron chi connectivity index (χ1n) is 10.8. The number of halogens is 1. The van der Waals surface area contributed by atoms with Gasteiger partial charge in [-0.25, -0.2) is 9.79 Å². The number of cyclic esters (lactones) is 1. The predicted molar refractivity (Wildman–Crippen MR) is 132 cm³/mol. The van der Waals surface area contributed by atoms with Crippen molar-refractivity contribution in [2.45, 2.75) is 20.5 Å². The summed E-state index contributed by atoms with van der Waals surface area (Å²) in [6.07, 6.45) is 1.55. The summed E-state index contributed by atoms with van der Waals surface area (Å²) in [6.45, 7) is 4.70. The molecule has 178 valence electrons. The molecule has 1 aliphatic rings. The van der Waals surface area contributed by atoms with Gasteiger partial charge < -0.3 is 14.2 Å². The number of carbonyl (C=O) groups excluding carboxylic acids is 1. The van der Waals surface area contributed by atoms with Crippen LogP contribution in [0.5, 0.6) is 11.5 Å². The number of esters is 1. The fraction of sp³-hybridized carbons (Fsp3) is 0.154. The Balaban J connectivity index is 1.58. The lowest BCUT2D eigenvalue weighted by atomic mass is 10.1. The zero-order chi connectivity index (χ0) is 24.9. The third-order valence-electron chi connectivity index (χ3n) is 5.06. The maximum absolute atomic E-state index is 12.4. The molecule has 0 radical (unpaired) electrons. The van der Waals surface area contributed by atoms with Gasteiger partial charge in [-0.3, -0.25) is 10.1 Å². The van der Waals surface area contributed by atoms with Crippen LogP contribution in [0.25, 0.3) is 6.08 Å². The molecule has 0 bridgehead atoms. The molecule has 0 spiro atoms. The first kappa shape index (κ1) is 24.0. The summed E-state index contributed by atoms with van der Waals surface area (Å²) in [5.41, 5.74) is 2.85. The topological polar surface area (TPSA) is 100 Å². The van der Waals surface area contributed by atoms with Gasteiger partial charge in [-0.1, -0.05) is 47.5 Å². The van der Waals surface area contributed by atoms with Crippen molar-refractivity contribution in [2.75, 3.05) is 6.61 Å². The van der Waals surface area contributed by atoms with Crippen LogP contribution < -0.4 is 9.47 Å². The highest BCUT2D eigenvalue weighted by atomic mass is 35.5. The van der Waals surface area contributed by atoms with Gasteiger partial charge in [0.15, 0.2) is 17.2 Å². The minimum Gasteiger partial charge on any atom is -0.490 e. The van der Waals surface area contributed by atoms with E-state index in [0.29, 0.717) is 30.3 Å². The van der Waals surface area contributed by atoms with Gasteiger partial charge in [0.1, 0.15) is 11.6 Å². The molecule has 35 heavy (non-hydrogen) atoms. The van der Waals surface area contributed by atoms with Crippen LogP contribution in [-0.4, -0.2) is 23.4 Å². The molecule has 0 amide bonds. The van der Waals surface area contributed by atoms with E-state index in [2.05, 4.69) is 11.1 Å². The van der Waals surface area contributed by atoms with Crippen molar-refractivity contribution in [3.63, 3.8) is 0 Å². The molecule has 8 nitrogen and oxygen atoms in total. The molecule has 0 atom stereocenters. The Kier molecular flexibility index (Phi) is 7.12. The second-order valence-electron chi connectivity index (χ2n) is 7.68. The molecule has 4 rings (SSSR count). The fourth-order valence-electron chi connectivity index (χ4n) is 3.44. The minimum atomic E-state index is -0.671. The smallest absolute Gasteiger partial charge is 0.363 e. The SMILES string of the molecule is CCOc1cc(/C=C2\N=C(c3ccc(Cl)c([N+](=O)[O-])c3)OC2=O)ccc1OCc1cccc(C)c1. The summed E-state index contributed by atoms with van der Waals surface area (Å²) in [5, 5.41) is 11.1. The zero-order valence-corrected chi connectivity index (χ0v) is 19.7. The standard InChI is InChI=1S/C26H21ClN2O6/c1-3-33-24-13-17(7-10-23(24)34-15-18-6-4-5-16(2)11-18)12-21-26(30)35-25(28-21)19-8-9-20(27)22(14-19)29(31)32/h4-14H,3,15H2,1-2H3/b21-12-. The van der Waals surface area contributed by atoms with Crippen LogP contribution in [0, 0.1) is 17.0 Å². The van der Waals surface area contributed by atoms with Crippen LogP contribution in [-0.2, 0) is 16.1 Å². The summed E-state index contributed by atoms with van der Waals surface area (Å²) in [4.78, 5) is 27.1. The molecule has 9 heteroatoms. The van der Waals surface area contributed by atoms with Crippen LogP contribution in [0.2, 0.25) is 5.02 Å². The Labute approximate surface area is 206 Å². The average molecular weight is 493 g/mol. The number of ether oxygens (including phenoxy) is 3. The molecule has 0 saturated heterocycles. The largest absolute Gasteiger partial charge is 0.490 e. The molecule has 0 N–H and O–H groups in total. The lowest BCUT2D eigenvalue weighted by Gasteiger charge is -2.13. The summed E-state index contributed by atoms with van der Waals surface area (Å²) < 4.78 is 16.9. The quantitative estimate of drug-likeness (QED) is 0.168. The van der Waals surface area contributed by atoms with Crippen molar-refractivity contribution < 1.29 is 23.9 Å². The number of nitro groups is 1. The van der Waals surface area contributed by atoms with E-state index in [1.54, 1.807) is 24.3 Å². The second kappa shape index (κ2) is 10.4. The molecular weight excluding hydrogens is 472 g/mol. The van der Waals surface area contributed by atoms with E-state index in [1.807, 2.05) is 32.0 Å². The third kappa shape index (κ3) is 5.67. The Hall–Kier alpha value is -4.17. The summed E-state index contributed by atoms with van der Waals surface area (Å²) in [7, 11) is 0. The molecule has 0 unspecified atom stereocenters. The summed E-state index contributed by atoms with van der Waals surface area (Å²) >= 11 is 5.86. The van der Waals surface area contributed by atoms with Gasteiger partial charge in [-0.2, -0.15) is 0 Å². The zero-order valence-electron chi connectivity index (χ0n) is 19.0. The minimum absolute atomic E-state index is 0.0207. The molecule has 3 aromatic carbocycles. The van der Waals surface area contributed by atoms with Crippen LogP contribution in [0.3, 0.4) is 0 Å². The first-order valence-corrected chi connectivity index (χ1v) is 11.1. The highest BCUT2D eigenvalue weighted by Crippen LogP contribution is 2.31. The third-order valence-corrected chi connectivity index (χ3v) is 5.38. The van der Waals surface area contributed by atoms with E-state index in [9.17, 15) is 14.9 Å². The highest BCUT2D eigenvalue weighted by molar-refractivity contribution is 6.32. The number of aryl methyl sites for hydroxylation is 1. The van der Waals surface area contributed by atoms with Crippen molar-refractivity contribution in [3.8, 4) is 11.5 Å². The molecule has 0 aromatic heterocycles. The van der Waals surface area contributed by atoms with Crippen molar-refractivity contribution in [1.29, 1.82) is 0 Å². The number of nitro benzene ring substituents is 1. The van der Waals surface area contributed by atoms with Crippen LogP contribution >= 0.6 is 11.6 Å². The monoisotopic (exact) mass is 492 g/mol. The van der Waals surface area contributed by atoms with E-state index >= 15 is 0 Å². The Bertz CT molecular complexity index is 1370. The number of rotatable bonds is 8. The van der Waals surface area contributed by atoms with Crippen molar-refractivity contribution in [1.82, 2.24) is 0 Å². The number of nitrogens with zero attached hydrogens (tertiary/aromatic N) is 2. The van der Waals surface area contributed by atoms with Crippen LogP contribution in [0.15, 0.2) is 71.4 Å². The van der Waals surface area contributed by atoms with E-state index in [-0.39, 0.29) is 27.9 Å². The molecule has 1 heterocycles. The van der Waals surface area contributed by atoms with Gasteiger partial charge >= 0.3 is 5.97 Å². The Morgan fingerprint density at radius 1 is 1.09 bits per heavy atom. The molecule has 0 fully saturated rings. The lowest BCUT2D eigenvalue weighted by Crippen LogP contribution is -2.06. The number of aliphatic imine (C=N–C) groups is 1. The van der Waals surface area contributed by atoms with Gasteiger partial charge in [0.05, 0.1) is 11.5 Å². The molecule has 0 aliphatic carbocycles. The van der Waals surface area contributed by atoms with Gasteiger partial charge in [0, 0.05) is 11.6 Å². The highest BCUT2D eigenvalue weighted by Gasteiger charge is 2.26. The van der Waals surface area contributed by atoms with E-state index in [0.717, 1.165) is 11.1 Å². The predicted octanol–water partition coefficient (Wildman–Crippen LogP) is 5.88. The summed E-state index contributed by atoms with van der Waals surface area (Å²) in [5.74, 6) is 0.389. The normalized spacial score (nSPS) is 14.0. The molecular formula is C26H21ClN2O6. The van der Waals surface area contributed by atoms with Gasteiger partial charge in [0.25, 0.3) is 5.69 Å².